The van der Waals surface area contributed by atoms with E-state index in [0.717, 1.165) is 27.5 Å². The summed E-state index contributed by atoms with van der Waals surface area (Å²) in [5.74, 6) is -0.803. The van der Waals surface area contributed by atoms with Crippen molar-refractivity contribution in [3.05, 3.63) is 72.3 Å². The van der Waals surface area contributed by atoms with Crippen molar-refractivity contribution in [2.75, 3.05) is 0 Å². The largest absolute Gasteiger partial charge is 0.481 e. The van der Waals surface area contributed by atoms with Crippen molar-refractivity contribution in [1.82, 2.24) is 0 Å². The normalized spacial score (nSPS) is 10.6. The van der Waals surface area contributed by atoms with Crippen LogP contribution < -0.4 is 0 Å². The van der Waals surface area contributed by atoms with Crippen LogP contribution in [-0.2, 0) is 11.2 Å². The smallest absolute Gasteiger partial charge is 0.307 e. The predicted octanol–water partition coefficient (Wildman–Crippen LogP) is 4.13. The zero-order valence-corrected chi connectivity index (χ0v) is 10.9. The van der Waals surface area contributed by atoms with Crippen molar-refractivity contribution >= 4 is 16.7 Å². The van der Waals surface area contributed by atoms with Crippen LogP contribution >= 0.6 is 0 Å². The summed E-state index contributed by atoms with van der Waals surface area (Å²) < 4.78 is 0. The van der Waals surface area contributed by atoms with Crippen molar-refractivity contribution in [3.8, 4) is 11.1 Å². The molecule has 20 heavy (non-hydrogen) atoms. The molecular weight excluding hydrogens is 248 g/mol. The van der Waals surface area contributed by atoms with E-state index in [0.29, 0.717) is 0 Å². The number of hydrogen-bond donors (Lipinski definition) is 1. The molecule has 3 aromatic rings. The molecule has 0 saturated heterocycles. The van der Waals surface area contributed by atoms with Crippen molar-refractivity contribution in [1.29, 1.82) is 0 Å². The summed E-state index contributed by atoms with van der Waals surface area (Å²) in [6.07, 6.45) is 0.0512. The van der Waals surface area contributed by atoms with Gasteiger partial charge in [0.25, 0.3) is 0 Å². The van der Waals surface area contributed by atoms with Gasteiger partial charge in [0.15, 0.2) is 0 Å². The number of hydrogen-bond acceptors (Lipinski definition) is 1. The fraction of sp³-hybridized carbons (Fsp3) is 0.0556. The molecule has 0 radical (unpaired) electrons. The number of aliphatic carboxylic acids is 1. The van der Waals surface area contributed by atoms with E-state index in [1.165, 1.54) is 0 Å². The fourth-order valence-corrected chi connectivity index (χ4v) is 2.55. The van der Waals surface area contributed by atoms with Crippen LogP contribution in [0.15, 0.2) is 66.7 Å². The van der Waals surface area contributed by atoms with Gasteiger partial charge < -0.3 is 5.11 Å². The molecule has 0 bridgehead atoms. The lowest BCUT2D eigenvalue weighted by molar-refractivity contribution is -0.136. The SMILES string of the molecule is O=C(O)Cc1ccc(-c2ccccc2)c2ccccc12. The highest BCUT2D eigenvalue weighted by molar-refractivity contribution is 5.99. The van der Waals surface area contributed by atoms with E-state index in [2.05, 4.69) is 12.1 Å². The Hall–Kier alpha value is -2.61. The highest BCUT2D eigenvalue weighted by Crippen LogP contribution is 2.30. The van der Waals surface area contributed by atoms with E-state index in [4.69, 9.17) is 5.11 Å². The molecule has 2 nitrogen and oxygen atoms in total. The van der Waals surface area contributed by atoms with Gasteiger partial charge in [-0.2, -0.15) is 0 Å². The molecule has 0 atom stereocenters. The maximum atomic E-state index is 11.0. The zero-order valence-electron chi connectivity index (χ0n) is 10.9. The number of carbonyl (C=O) groups is 1. The second-order valence-electron chi connectivity index (χ2n) is 4.75. The fourth-order valence-electron chi connectivity index (χ4n) is 2.55. The Morgan fingerprint density at radius 3 is 2.15 bits per heavy atom. The lowest BCUT2D eigenvalue weighted by Crippen LogP contribution is -2.00. The van der Waals surface area contributed by atoms with Crippen LogP contribution in [0.1, 0.15) is 5.56 Å². The van der Waals surface area contributed by atoms with Crippen molar-refractivity contribution in [2.24, 2.45) is 0 Å². The van der Waals surface area contributed by atoms with E-state index in [9.17, 15) is 4.79 Å². The topological polar surface area (TPSA) is 37.3 Å². The quantitative estimate of drug-likeness (QED) is 0.770. The standard InChI is InChI=1S/C18H14O2/c19-18(20)12-14-10-11-16(13-6-2-1-3-7-13)17-9-5-4-8-15(14)17/h1-11H,12H2,(H,19,20). The molecule has 0 aliphatic rings. The Labute approximate surface area is 117 Å². The van der Waals surface area contributed by atoms with Crippen LogP contribution in [-0.4, -0.2) is 11.1 Å². The zero-order chi connectivity index (χ0) is 13.9. The van der Waals surface area contributed by atoms with Gasteiger partial charge in [-0.15, -0.1) is 0 Å². The Bertz CT molecular complexity index is 761. The molecule has 0 fully saturated rings. The summed E-state index contributed by atoms with van der Waals surface area (Å²) in [6.45, 7) is 0. The van der Waals surface area contributed by atoms with Crippen LogP contribution in [0.4, 0.5) is 0 Å². The maximum Gasteiger partial charge on any atom is 0.307 e. The first-order valence-electron chi connectivity index (χ1n) is 6.53. The summed E-state index contributed by atoms with van der Waals surface area (Å²) in [5, 5.41) is 11.1. The van der Waals surface area contributed by atoms with Gasteiger partial charge in [-0.3, -0.25) is 4.79 Å². The first kappa shape index (κ1) is 12.4. The molecule has 3 rings (SSSR count). The van der Waals surface area contributed by atoms with E-state index in [1.54, 1.807) is 0 Å². The third-order valence-corrected chi connectivity index (χ3v) is 3.44. The number of carboxylic acid groups (broad SMARTS) is 1. The van der Waals surface area contributed by atoms with Crippen molar-refractivity contribution in [2.45, 2.75) is 6.42 Å². The maximum absolute atomic E-state index is 11.0. The predicted molar refractivity (Wildman–Crippen MR) is 80.7 cm³/mol. The van der Waals surface area contributed by atoms with Gasteiger partial charge >= 0.3 is 5.97 Å². The second-order valence-corrected chi connectivity index (χ2v) is 4.75. The van der Waals surface area contributed by atoms with Crippen molar-refractivity contribution < 1.29 is 9.90 Å². The van der Waals surface area contributed by atoms with Gasteiger partial charge in [-0.1, -0.05) is 66.7 Å². The molecule has 0 saturated carbocycles. The van der Waals surface area contributed by atoms with Crippen LogP contribution in [0.3, 0.4) is 0 Å². The Morgan fingerprint density at radius 1 is 0.800 bits per heavy atom. The molecule has 0 spiro atoms. The van der Waals surface area contributed by atoms with Crippen LogP contribution in [0.5, 0.6) is 0 Å². The summed E-state index contributed by atoms with van der Waals surface area (Å²) in [7, 11) is 0. The number of benzene rings is 3. The second kappa shape index (κ2) is 5.17. The molecule has 2 heteroatoms. The minimum Gasteiger partial charge on any atom is -0.481 e. The van der Waals surface area contributed by atoms with E-state index < -0.39 is 5.97 Å². The molecule has 0 aromatic heterocycles. The third kappa shape index (κ3) is 2.28. The summed E-state index contributed by atoms with van der Waals surface area (Å²) >= 11 is 0. The van der Waals surface area contributed by atoms with E-state index >= 15 is 0 Å². The molecule has 1 N–H and O–H groups in total. The van der Waals surface area contributed by atoms with Crippen molar-refractivity contribution in [3.63, 3.8) is 0 Å². The van der Waals surface area contributed by atoms with Gasteiger partial charge in [-0.05, 0) is 27.5 Å². The van der Waals surface area contributed by atoms with Gasteiger partial charge in [0.1, 0.15) is 0 Å². The Morgan fingerprint density at radius 2 is 1.45 bits per heavy atom. The summed E-state index contributed by atoms with van der Waals surface area (Å²) in [4.78, 5) is 11.0. The highest BCUT2D eigenvalue weighted by atomic mass is 16.4. The summed E-state index contributed by atoms with van der Waals surface area (Å²) in [5.41, 5.74) is 3.13. The first-order chi connectivity index (χ1) is 9.75. The lowest BCUT2D eigenvalue weighted by atomic mass is 9.94. The van der Waals surface area contributed by atoms with E-state index in [-0.39, 0.29) is 6.42 Å². The molecule has 3 aromatic carbocycles. The average Bonchev–Trinajstić information content (AvgIpc) is 2.48. The van der Waals surface area contributed by atoms with Crippen LogP contribution in [0.2, 0.25) is 0 Å². The van der Waals surface area contributed by atoms with Gasteiger partial charge in [0.2, 0.25) is 0 Å². The molecule has 0 amide bonds. The number of rotatable bonds is 3. The average molecular weight is 262 g/mol. The number of fused-ring (bicyclic) bond motifs is 1. The Kier molecular flexibility index (Phi) is 3.21. The minimum atomic E-state index is -0.803. The molecule has 98 valence electrons. The van der Waals surface area contributed by atoms with Gasteiger partial charge in [0.05, 0.1) is 6.42 Å². The van der Waals surface area contributed by atoms with Gasteiger partial charge in [0, 0.05) is 0 Å². The Balaban J connectivity index is 2.24. The van der Waals surface area contributed by atoms with Crippen LogP contribution in [0.25, 0.3) is 21.9 Å². The van der Waals surface area contributed by atoms with Crippen LogP contribution in [0, 0.1) is 0 Å². The van der Waals surface area contributed by atoms with E-state index in [1.807, 2.05) is 54.6 Å². The minimum absolute atomic E-state index is 0.0512. The lowest BCUT2D eigenvalue weighted by Gasteiger charge is -2.10. The summed E-state index contributed by atoms with van der Waals surface area (Å²) in [6, 6.07) is 22.0. The molecule has 0 aliphatic carbocycles. The molecule has 0 unspecified atom stereocenters. The van der Waals surface area contributed by atoms with Gasteiger partial charge in [-0.25, -0.2) is 0 Å². The molecular formula is C18H14O2. The first-order valence-corrected chi connectivity index (χ1v) is 6.53. The molecule has 0 aliphatic heterocycles. The molecule has 0 heterocycles. The number of carboxylic acids is 1. The highest BCUT2D eigenvalue weighted by Gasteiger charge is 2.09. The monoisotopic (exact) mass is 262 g/mol. The third-order valence-electron chi connectivity index (χ3n) is 3.44.